The topological polar surface area (TPSA) is 12.0 Å². The van der Waals surface area contributed by atoms with Crippen molar-refractivity contribution in [2.24, 2.45) is 11.3 Å². The molecule has 1 nitrogen and oxygen atoms in total. The zero-order valence-corrected chi connectivity index (χ0v) is 20.4. The van der Waals surface area contributed by atoms with Gasteiger partial charge in [0.15, 0.2) is 0 Å². The highest BCUT2D eigenvalue weighted by Crippen LogP contribution is 2.57. The highest BCUT2D eigenvalue weighted by atomic mass is 14.9. The molecule has 0 saturated heterocycles. The Morgan fingerprint density at radius 1 is 0.969 bits per heavy atom. The molecule has 1 fully saturated rings. The van der Waals surface area contributed by atoms with Gasteiger partial charge in [-0.05, 0) is 81.4 Å². The van der Waals surface area contributed by atoms with Gasteiger partial charge in [-0.3, -0.25) is 0 Å². The molecular weight excluding hydrogens is 386 g/mol. The van der Waals surface area contributed by atoms with E-state index < -0.39 is 0 Å². The van der Waals surface area contributed by atoms with Crippen molar-refractivity contribution in [1.29, 1.82) is 0 Å². The van der Waals surface area contributed by atoms with E-state index in [2.05, 4.69) is 93.7 Å². The predicted molar refractivity (Wildman–Crippen MR) is 137 cm³/mol. The molecule has 3 aromatic rings. The van der Waals surface area contributed by atoms with Crippen molar-refractivity contribution >= 4 is 10.8 Å². The zero-order chi connectivity index (χ0) is 22.3. The van der Waals surface area contributed by atoms with Gasteiger partial charge in [0.25, 0.3) is 0 Å². The van der Waals surface area contributed by atoms with Gasteiger partial charge in [0, 0.05) is 13.1 Å². The van der Waals surface area contributed by atoms with E-state index in [1.807, 2.05) is 0 Å². The van der Waals surface area contributed by atoms with Crippen LogP contribution in [-0.2, 0) is 18.4 Å². The Kier molecular flexibility index (Phi) is 5.66. The van der Waals surface area contributed by atoms with Crippen LogP contribution in [0.15, 0.2) is 60.7 Å². The molecule has 0 aromatic heterocycles. The normalized spacial score (nSPS) is 27.3. The predicted octanol–water partition coefficient (Wildman–Crippen LogP) is 7.76. The van der Waals surface area contributed by atoms with Crippen molar-refractivity contribution in [2.75, 3.05) is 6.54 Å². The largest absolute Gasteiger partial charge is 0.312 e. The van der Waals surface area contributed by atoms with E-state index in [1.54, 1.807) is 11.1 Å². The lowest BCUT2D eigenvalue weighted by Gasteiger charge is -2.55. The van der Waals surface area contributed by atoms with Gasteiger partial charge >= 0.3 is 0 Å². The lowest BCUT2D eigenvalue weighted by atomic mass is 9.49. The minimum atomic E-state index is 0.317. The third-order valence-corrected chi connectivity index (χ3v) is 8.89. The molecule has 3 aromatic carbocycles. The van der Waals surface area contributed by atoms with Crippen LogP contribution in [0.3, 0.4) is 0 Å². The molecule has 0 radical (unpaired) electrons. The Bertz CT molecular complexity index is 1110. The molecule has 1 saturated carbocycles. The van der Waals surface area contributed by atoms with Crippen molar-refractivity contribution in [3.05, 3.63) is 82.9 Å². The highest BCUT2D eigenvalue weighted by molar-refractivity contribution is 5.85. The number of nitrogens with one attached hydrogen (secondary N) is 1. The lowest BCUT2D eigenvalue weighted by Crippen LogP contribution is -2.52. The van der Waals surface area contributed by atoms with Crippen LogP contribution in [0.25, 0.3) is 10.8 Å². The van der Waals surface area contributed by atoms with Crippen LogP contribution in [0, 0.1) is 11.3 Å². The average Bonchev–Trinajstić information content (AvgIpc) is 2.79. The summed E-state index contributed by atoms with van der Waals surface area (Å²) in [5.74, 6) is 1.36. The van der Waals surface area contributed by atoms with E-state index in [0.717, 1.165) is 19.0 Å². The summed E-state index contributed by atoms with van der Waals surface area (Å²) in [6, 6.07) is 22.9. The Morgan fingerprint density at radius 3 is 2.62 bits per heavy atom. The molecule has 0 heterocycles. The number of fused-ring (bicyclic) bond motifs is 4. The van der Waals surface area contributed by atoms with Gasteiger partial charge in [0.05, 0.1) is 0 Å². The van der Waals surface area contributed by atoms with Crippen LogP contribution in [-0.4, -0.2) is 6.54 Å². The van der Waals surface area contributed by atoms with E-state index in [-0.39, 0.29) is 0 Å². The van der Waals surface area contributed by atoms with Crippen molar-refractivity contribution in [3.63, 3.8) is 0 Å². The van der Waals surface area contributed by atoms with Crippen LogP contribution in [0.5, 0.6) is 0 Å². The van der Waals surface area contributed by atoms with Crippen molar-refractivity contribution in [3.8, 4) is 0 Å². The third kappa shape index (κ3) is 3.69. The lowest BCUT2D eigenvalue weighted by molar-refractivity contribution is 0.0257. The molecule has 168 valence electrons. The second kappa shape index (κ2) is 8.34. The molecule has 1 heteroatoms. The summed E-state index contributed by atoms with van der Waals surface area (Å²) >= 11 is 0. The van der Waals surface area contributed by atoms with Crippen molar-refractivity contribution in [2.45, 2.75) is 77.7 Å². The monoisotopic (exact) mass is 425 g/mol. The Labute approximate surface area is 194 Å². The second-order valence-electron chi connectivity index (χ2n) is 11.3. The SMILES string of the molecule is CC(C)c1ccc2c(c1)CC[C@@H]1[C@@](C)(CNCc3cccc4ccccc34)CCC[C@]21C. The highest BCUT2D eigenvalue weighted by Gasteiger charge is 2.51. The smallest absolute Gasteiger partial charge is 0.0211 e. The fourth-order valence-corrected chi connectivity index (χ4v) is 7.14. The quantitative estimate of drug-likeness (QED) is 0.440. The minimum absolute atomic E-state index is 0.317. The Morgan fingerprint density at radius 2 is 1.78 bits per heavy atom. The van der Waals surface area contributed by atoms with Gasteiger partial charge in [-0.2, -0.15) is 0 Å². The third-order valence-electron chi connectivity index (χ3n) is 8.89. The summed E-state index contributed by atoms with van der Waals surface area (Å²) < 4.78 is 0. The van der Waals surface area contributed by atoms with Gasteiger partial charge in [-0.25, -0.2) is 0 Å². The summed E-state index contributed by atoms with van der Waals surface area (Å²) in [4.78, 5) is 0. The van der Waals surface area contributed by atoms with Crippen LogP contribution >= 0.6 is 0 Å². The summed E-state index contributed by atoms with van der Waals surface area (Å²) in [6.07, 6.45) is 6.59. The van der Waals surface area contributed by atoms with Gasteiger partial charge in [-0.15, -0.1) is 0 Å². The number of rotatable bonds is 5. The molecule has 1 N–H and O–H groups in total. The fraction of sp³-hybridized carbons (Fsp3) is 0.484. The maximum atomic E-state index is 3.90. The standard InChI is InChI=1S/C31H39N/c1-22(2)24-13-15-28-25(19-24)14-16-29-30(3,17-8-18-31(28,29)4)21-32-20-26-11-7-10-23-9-5-6-12-27(23)26/h5-7,9-13,15,19,22,29,32H,8,14,16-18,20-21H2,1-4H3/t29-,30-,31-/m1/s1. The second-order valence-corrected chi connectivity index (χ2v) is 11.3. The summed E-state index contributed by atoms with van der Waals surface area (Å²) in [5.41, 5.74) is 6.87. The molecule has 5 rings (SSSR count). The molecule has 3 atom stereocenters. The summed E-state index contributed by atoms with van der Waals surface area (Å²) in [5, 5.41) is 6.63. The van der Waals surface area contributed by atoms with E-state index in [1.165, 1.54) is 54.0 Å². The summed E-state index contributed by atoms with van der Waals surface area (Å²) in [6.45, 7) is 11.8. The molecule has 32 heavy (non-hydrogen) atoms. The van der Waals surface area contributed by atoms with Crippen LogP contribution in [0.2, 0.25) is 0 Å². The fourth-order valence-electron chi connectivity index (χ4n) is 7.14. The van der Waals surface area contributed by atoms with Crippen LogP contribution in [0.4, 0.5) is 0 Å². The maximum absolute atomic E-state index is 3.90. The maximum Gasteiger partial charge on any atom is 0.0211 e. The van der Waals surface area contributed by atoms with Gasteiger partial charge in [-0.1, -0.05) is 94.8 Å². The molecule has 2 aliphatic rings. The molecule has 0 amide bonds. The zero-order valence-electron chi connectivity index (χ0n) is 20.4. The molecule has 0 aliphatic heterocycles. The Hall–Kier alpha value is -2.12. The molecule has 2 aliphatic carbocycles. The van der Waals surface area contributed by atoms with E-state index in [0.29, 0.717) is 16.7 Å². The first-order chi connectivity index (χ1) is 15.4. The van der Waals surface area contributed by atoms with E-state index in [9.17, 15) is 0 Å². The van der Waals surface area contributed by atoms with Crippen molar-refractivity contribution in [1.82, 2.24) is 5.32 Å². The van der Waals surface area contributed by atoms with Crippen LogP contribution in [0.1, 0.15) is 81.5 Å². The van der Waals surface area contributed by atoms with Gasteiger partial charge in [0.2, 0.25) is 0 Å². The number of benzene rings is 3. The first-order valence-corrected chi connectivity index (χ1v) is 12.7. The number of aryl methyl sites for hydroxylation is 1. The van der Waals surface area contributed by atoms with Gasteiger partial charge in [0.1, 0.15) is 0 Å². The van der Waals surface area contributed by atoms with E-state index in [4.69, 9.17) is 0 Å². The Balaban J connectivity index is 1.36. The number of hydrogen-bond donors (Lipinski definition) is 1. The minimum Gasteiger partial charge on any atom is -0.312 e. The first kappa shape index (κ1) is 21.7. The average molecular weight is 426 g/mol. The first-order valence-electron chi connectivity index (χ1n) is 12.7. The summed E-state index contributed by atoms with van der Waals surface area (Å²) in [7, 11) is 0. The van der Waals surface area contributed by atoms with Crippen LogP contribution < -0.4 is 5.32 Å². The molecule has 0 spiro atoms. The van der Waals surface area contributed by atoms with Crippen molar-refractivity contribution < 1.29 is 0 Å². The van der Waals surface area contributed by atoms with E-state index >= 15 is 0 Å². The number of hydrogen-bond acceptors (Lipinski definition) is 1. The molecule has 0 unspecified atom stereocenters. The molecular formula is C31H39N. The van der Waals surface area contributed by atoms with Gasteiger partial charge < -0.3 is 5.32 Å². The molecule has 0 bridgehead atoms.